The molecule has 0 aliphatic carbocycles. The van der Waals surface area contributed by atoms with Gasteiger partial charge in [-0.3, -0.25) is 19.1 Å². The summed E-state index contributed by atoms with van der Waals surface area (Å²) in [6, 6.07) is 12.8. The molecule has 0 unspecified atom stereocenters. The summed E-state index contributed by atoms with van der Waals surface area (Å²) in [7, 11) is 0. The van der Waals surface area contributed by atoms with Crippen LogP contribution in [-0.4, -0.2) is 20.4 Å². The van der Waals surface area contributed by atoms with Crippen molar-refractivity contribution in [2.75, 3.05) is 5.32 Å². The zero-order valence-electron chi connectivity index (χ0n) is 14.9. The number of nitrogens with zero attached hydrogens (tertiary/aromatic N) is 2. The lowest BCUT2D eigenvalue weighted by Gasteiger charge is -2.10. The molecule has 0 radical (unpaired) electrons. The Morgan fingerprint density at radius 3 is 2.82 bits per heavy atom. The summed E-state index contributed by atoms with van der Waals surface area (Å²) >= 11 is 1.44. The number of aryl methyl sites for hydroxylation is 1. The third-order valence-corrected chi connectivity index (χ3v) is 5.15. The Labute approximate surface area is 163 Å². The Kier molecular flexibility index (Phi) is 4.62. The maximum atomic E-state index is 12.8. The number of hydrogen-bond acceptors (Lipinski definition) is 5. The molecule has 0 aliphatic heterocycles. The van der Waals surface area contributed by atoms with Gasteiger partial charge < -0.3 is 10.3 Å². The molecule has 140 valence electrons. The van der Waals surface area contributed by atoms with Crippen LogP contribution in [-0.2, 0) is 6.54 Å². The van der Waals surface area contributed by atoms with Crippen molar-refractivity contribution < 1.29 is 4.79 Å². The van der Waals surface area contributed by atoms with Gasteiger partial charge in [0, 0.05) is 22.2 Å². The van der Waals surface area contributed by atoms with Gasteiger partial charge in [-0.2, -0.15) is 0 Å². The van der Waals surface area contributed by atoms with Crippen molar-refractivity contribution in [3.63, 3.8) is 0 Å². The summed E-state index contributed by atoms with van der Waals surface area (Å²) in [6.07, 6.45) is 1.15. The average molecular weight is 392 g/mol. The SMILES string of the molecule is Cc1cc(NC(=O)c2c[nH]c(=O)n(Cc3cccs3)c2=O)c2ccccc2n1. The average Bonchev–Trinajstić information content (AvgIpc) is 3.18. The largest absolute Gasteiger partial charge is 0.328 e. The van der Waals surface area contributed by atoms with Crippen LogP contribution in [0.5, 0.6) is 0 Å². The van der Waals surface area contributed by atoms with E-state index in [9.17, 15) is 14.4 Å². The van der Waals surface area contributed by atoms with E-state index in [0.29, 0.717) is 5.69 Å². The molecule has 3 aromatic heterocycles. The number of H-pyrrole nitrogens is 1. The van der Waals surface area contributed by atoms with Crippen molar-refractivity contribution in [3.05, 3.63) is 91.0 Å². The molecule has 4 aromatic rings. The van der Waals surface area contributed by atoms with E-state index in [-0.39, 0.29) is 12.1 Å². The van der Waals surface area contributed by atoms with Crippen LogP contribution < -0.4 is 16.6 Å². The van der Waals surface area contributed by atoms with Crippen molar-refractivity contribution in [1.29, 1.82) is 0 Å². The number of anilines is 1. The molecular weight excluding hydrogens is 376 g/mol. The topological polar surface area (TPSA) is 96.9 Å². The van der Waals surface area contributed by atoms with Crippen molar-refractivity contribution in [2.24, 2.45) is 0 Å². The number of aromatic amines is 1. The number of hydrogen-bond donors (Lipinski definition) is 2. The van der Waals surface area contributed by atoms with E-state index in [4.69, 9.17) is 0 Å². The molecule has 8 heteroatoms. The molecule has 0 atom stereocenters. The Morgan fingerprint density at radius 1 is 1.21 bits per heavy atom. The lowest BCUT2D eigenvalue weighted by Crippen LogP contribution is -2.39. The summed E-state index contributed by atoms with van der Waals surface area (Å²) < 4.78 is 1.02. The van der Waals surface area contributed by atoms with Crippen LogP contribution >= 0.6 is 11.3 Å². The fraction of sp³-hybridized carbons (Fsp3) is 0.100. The molecule has 0 spiro atoms. The zero-order valence-corrected chi connectivity index (χ0v) is 15.7. The zero-order chi connectivity index (χ0) is 19.7. The monoisotopic (exact) mass is 392 g/mol. The summed E-state index contributed by atoms with van der Waals surface area (Å²) in [5.74, 6) is -0.586. The molecule has 1 aromatic carbocycles. The molecule has 7 nitrogen and oxygen atoms in total. The summed E-state index contributed by atoms with van der Waals surface area (Å²) in [4.78, 5) is 45.4. The van der Waals surface area contributed by atoms with Gasteiger partial charge in [-0.15, -0.1) is 11.3 Å². The second kappa shape index (κ2) is 7.24. The molecule has 0 fully saturated rings. The number of benzene rings is 1. The number of amides is 1. The van der Waals surface area contributed by atoms with E-state index in [1.807, 2.05) is 48.7 Å². The van der Waals surface area contributed by atoms with Gasteiger partial charge in [-0.05, 0) is 30.5 Å². The number of aromatic nitrogens is 3. The van der Waals surface area contributed by atoms with Gasteiger partial charge in [0.25, 0.3) is 11.5 Å². The molecular formula is C20H16N4O3S. The molecule has 0 saturated carbocycles. The second-order valence-corrected chi connectivity index (χ2v) is 7.29. The number of carbonyl (C=O) groups is 1. The Bertz CT molecular complexity index is 1290. The van der Waals surface area contributed by atoms with Gasteiger partial charge in [0.1, 0.15) is 5.56 Å². The van der Waals surface area contributed by atoms with Crippen LogP contribution in [0.1, 0.15) is 20.9 Å². The fourth-order valence-electron chi connectivity index (χ4n) is 2.98. The first kappa shape index (κ1) is 17.9. The fourth-order valence-corrected chi connectivity index (χ4v) is 3.67. The van der Waals surface area contributed by atoms with Crippen LogP contribution in [0.4, 0.5) is 5.69 Å². The molecule has 3 heterocycles. The number of pyridine rings is 1. The predicted molar refractivity (Wildman–Crippen MR) is 109 cm³/mol. The van der Waals surface area contributed by atoms with E-state index in [1.54, 1.807) is 6.07 Å². The van der Waals surface area contributed by atoms with Crippen LogP contribution in [0.15, 0.2) is 63.6 Å². The highest BCUT2D eigenvalue weighted by Gasteiger charge is 2.17. The van der Waals surface area contributed by atoms with Gasteiger partial charge in [-0.1, -0.05) is 24.3 Å². The van der Waals surface area contributed by atoms with Crippen LogP contribution in [0, 0.1) is 6.92 Å². The first-order chi connectivity index (χ1) is 13.5. The first-order valence-electron chi connectivity index (χ1n) is 8.55. The maximum absolute atomic E-state index is 12.8. The second-order valence-electron chi connectivity index (χ2n) is 6.26. The number of para-hydroxylation sites is 1. The van der Waals surface area contributed by atoms with E-state index < -0.39 is 17.2 Å². The maximum Gasteiger partial charge on any atom is 0.328 e. The molecule has 28 heavy (non-hydrogen) atoms. The standard InChI is InChI=1S/C20H16N4O3S/c1-12-9-17(14-6-2-3-7-16(14)22-12)23-18(25)15-10-21-20(27)24(19(15)26)11-13-5-4-8-28-13/h2-10H,11H2,1H3,(H,21,27)(H,22,23,25). The lowest BCUT2D eigenvalue weighted by atomic mass is 10.1. The number of fused-ring (bicyclic) bond motifs is 1. The number of thiophene rings is 1. The summed E-state index contributed by atoms with van der Waals surface area (Å²) in [5.41, 5.74) is 0.725. The van der Waals surface area contributed by atoms with Crippen molar-refractivity contribution in [1.82, 2.24) is 14.5 Å². The van der Waals surface area contributed by atoms with E-state index in [1.165, 1.54) is 11.3 Å². The van der Waals surface area contributed by atoms with Gasteiger partial charge in [-0.25, -0.2) is 4.79 Å². The van der Waals surface area contributed by atoms with Crippen LogP contribution in [0.25, 0.3) is 10.9 Å². The van der Waals surface area contributed by atoms with Crippen molar-refractivity contribution in [3.8, 4) is 0 Å². The predicted octanol–water partition coefficient (Wildman–Crippen LogP) is 2.76. The van der Waals surface area contributed by atoms with Crippen LogP contribution in [0.2, 0.25) is 0 Å². The van der Waals surface area contributed by atoms with Gasteiger partial charge in [0.15, 0.2) is 0 Å². The molecule has 0 bridgehead atoms. The Morgan fingerprint density at radius 2 is 2.04 bits per heavy atom. The van der Waals surface area contributed by atoms with Gasteiger partial charge in [0.05, 0.1) is 17.7 Å². The third-order valence-electron chi connectivity index (χ3n) is 4.29. The quantitative estimate of drug-likeness (QED) is 0.558. The summed E-state index contributed by atoms with van der Waals surface area (Å²) in [6.45, 7) is 1.94. The molecule has 0 saturated heterocycles. The normalized spacial score (nSPS) is 10.9. The lowest BCUT2D eigenvalue weighted by molar-refractivity contribution is 0.102. The van der Waals surface area contributed by atoms with Crippen LogP contribution in [0.3, 0.4) is 0 Å². The highest BCUT2D eigenvalue weighted by molar-refractivity contribution is 7.09. The van der Waals surface area contributed by atoms with Crippen molar-refractivity contribution >= 4 is 33.8 Å². The Hall–Kier alpha value is -3.52. The van der Waals surface area contributed by atoms with E-state index >= 15 is 0 Å². The minimum absolute atomic E-state index is 0.115. The minimum Gasteiger partial charge on any atom is -0.321 e. The van der Waals surface area contributed by atoms with E-state index in [2.05, 4.69) is 15.3 Å². The smallest absolute Gasteiger partial charge is 0.321 e. The molecule has 1 amide bonds. The van der Waals surface area contributed by atoms with Gasteiger partial charge in [0.2, 0.25) is 0 Å². The molecule has 2 N–H and O–H groups in total. The first-order valence-corrected chi connectivity index (χ1v) is 9.43. The Balaban J connectivity index is 1.72. The van der Waals surface area contributed by atoms with Gasteiger partial charge >= 0.3 is 5.69 Å². The molecule has 4 rings (SSSR count). The highest BCUT2D eigenvalue weighted by atomic mass is 32.1. The number of carbonyl (C=O) groups excluding carboxylic acids is 1. The number of nitrogens with one attached hydrogen (secondary N) is 2. The van der Waals surface area contributed by atoms with Crippen molar-refractivity contribution in [2.45, 2.75) is 13.5 Å². The minimum atomic E-state index is -0.635. The third kappa shape index (κ3) is 3.37. The summed E-state index contributed by atoms with van der Waals surface area (Å²) in [5, 5.41) is 5.41. The molecule has 0 aliphatic rings. The number of rotatable bonds is 4. The highest BCUT2D eigenvalue weighted by Crippen LogP contribution is 2.23. The van der Waals surface area contributed by atoms with E-state index in [0.717, 1.165) is 32.2 Å².